The van der Waals surface area contributed by atoms with Crippen molar-refractivity contribution in [1.82, 2.24) is 20.0 Å². The normalized spacial score (nSPS) is 17.7. The minimum atomic E-state index is 0.313. The molecule has 1 fully saturated rings. The molecular weight excluding hydrogens is 380 g/mol. The molecule has 1 saturated heterocycles. The minimum Gasteiger partial charge on any atom is -0.338 e. The highest BCUT2D eigenvalue weighted by atomic mass is 35.5. The number of hydrogen-bond acceptors (Lipinski definition) is 6. The summed E-state index contributed by atoms with van der Waals surface area (Å²) in [5.74, 6) is 1.23. The Morgan fingerprint density at radius 1 is 1.11 bits per heavy atom. The van der Waals surface area contributed by atoms with Gasteiger partial charge in [-0.15, -0.1) is 11.3 Å². The predicted octanol–water partition coefficient (Wildman–Crippen LogP) is 5.34. The highest BCUT2D eigenvalue weighted by Crippen LogP contribution is 2.37. The fourth-order valence-electron chi connectivity index (χ4n) is 3.54. The Kier molecular flexibility index (Phi) is 4.39. The van der Waals surface area contributed by atoms with E-state index in [4.69, 9.17) is 21.1 Å². The van der Waals surface area contributed by atoms with E-state index in [0.29, 0.717) is 29.3 Å². The smallest absolute Gasteiger partial charge is 0.241 e. The Morgan fingerprint density at radius 3 is 2.81 bits per heavy atom. The Labute approximate surface area is 165 Å². The van der Waals surface area contributed by atoms with Crippen molar-refractivity contribution in [3.8, 4) is 11.4 Å². The summed E-state index contributed by atoms with van der Waals surface area (Å²) in [4.78, 5) is 11.8. The lowest BCUT2D eigenvalue weighted by Crippen LogP contribution is -2.22. The standard InChI is InChI=1S/C20H17ClN4OS/c21-14-9-7-13(8-10-14)19-23-18(26-24-19)12-25-11-3-5-16(25)20-22-15-4-1-2-6-17(15)27-20/h1-2,4,6-10,16H,3,5,11-12H2/t16-/m0/s1. The molecule has 0 amide bonds. The molecule has 0 saturated carbocycles. The second kappa shape index (κ2) is 7.03. The number of rotatable bonds is 4. The van der Waals surface area contributed by atoms with Gasteiger partial charge in [0.05, 0.1) is 22.8 Å². The highest BCUT2D eigenvalue weighted by Gasteiger charge is 2.30. The van der Waals surface area contributed by atoms with Crippen molar-refractivity contribution in [3.05, 3.63) is 64.5 Å². The van der Waals surface area contributed by atoms with Crippen LogP contribution in [0.2, 0.25) is 5.02 Å². The summed E-state index contributed by atoms with van der Waals surface area (Å²) in [5, 5.41) is 5.99. The summed E-state index contributed by atoms with van der Waals surface area (Å²) in [6.45, 7) is 1.65. The molecule has 3 heterocycles. The molecule has 0 aliphatic carbocycles. The van der Waals surface area contributed by atoms with Crippen LogP contribution >= 0.6 is 22.9 Å². The molecule has 5 rings (SSSR count). The van der Waals surface area contributed by atoms with Gasteiger partial charge in [0.15, 0.2) is 0 Å². The summed E-state index contributed by atoms with van der Waals surface area (Å²) in [6, 6.07) is 16.1. The van der Waals surface area contributed by atoms with Crippen LogP contribution in [0.1, 0.15) is 29.8 Å². The van der Waals surface area contributed by atoms with Crippen LogP contribution in [0.4, 0.5) is 0 Å². The van der Waals surface area contributed by atoms with Gasteiger partial charge >= 0.3 is 0 Å². The van der Waals surface area contributed by atoms with Crippen molar-refractivity contribution in [3.63, 3.8) is 0 Å². The summed E-state index contributed by atoms with van der Waals surface area (Å²) in [5.41, 5.74) is 1.98. The third-order valence-electron chi connectivity index (χ3n) is 4.87. The maximum Gasteiger partial charge on any atom is 0.241 e. The number of nitrogens with zero attached hydrogens (tertiary/aromatic N) is 4. The van der Waals surface area contributed by atoms with Gasteiger partial charge in [-0.25, -0.2) is 4.98 Å². The zero-order valence-electron chi connectivity index (χ0n) is 14.5. The largest absolute Gasteiger partial charge is 0.338 e. The molecular formula is C20H17ClN4OS. The SMILES string of the molecule is Clc1ccc(-c2noc(CN3CCC[C@H]3c3nc4ccccc4s3)n2)cc1. The third-order valence-corrected chi connectivity index (χ3v) is 6.26. The zero-order chi connectivity index (χ0) is 18.2. The van der Waals surface area contributed by atoms with Gasteiger partial charge in [0, 0.05) is 10.6 Å². The average Bonchev–Trinajstić information content (AvgIpc) is 3.41. The summed E-state index contributed by atoms with van der Waals surface area (Å²) < 4.78 is 6.74. The van der Waals surface area contributed by atoms with Gasteiger partial charge in [-0.05, 0) is 55.8 Å². The average molecular weight is 397 g/mol. The van der Waals surface area contributed by atoms with E-state index in [0.717, 1.165) is 30.5 Å². The van der Waals surface area contributed by atoms with E-state index < -0.39 is 0 Å². The quantitative estimate of drug-likeness (QED) is 0.466. The molecule has 0 bridgehead atoms. The maximum atomic E-state index is 5.95. The molecule has 1 aliphatic rings. The summed E-state index contributed by atoms with van der Waals surface area (Å²) in [6.07, 6.45) is 2.26. The van der Waals surface area contributed by atoms with Gasteiger partial charge < -0.3 is 4.52 Å². The van der Waals surface area contributed by atoms with Crippen LogP contribution in [0, 0.1) is 0 Å². The van der Waals surface area contributed by atoms with Crippen LogP contribution in [0.5, 0.6) is 0 Å². The van der Waals surface area contributed by atoms with Crippen LogP contribution in [-0.2, 0) is 6.54 Å². The molecule has 2 aromatic heterocycles. The zero-order valence-corrected chi connectivity index (χ0v) is 16.1. The molecule has 0 N–H and O–H groups in total. The lowest BCUT2D eigenvalue weighted by Gasteiger charge is -2.20. The van der Waals surface area contributed by atoms with Gasteiger partial charge in [0.1, 0.15) is 5.01 Å². The first kappa shape index (κ1) is 16.9. The fourth-order valence-corrected chi connectivity index (χ4v) is 4.80. The minimum absolute atomic E-state index is 0.313. The van der Waals surface area contributed by atoms with Gasteiger partial charge in [0.25, 0.3) is 0 Å². The van der Waals surface area contributed by atoms with Crippen molar-refractivity contribution in [2.75, 3.05) is 6.54 Å². The Hall–Kier alpha value is -2.28. The van der Waals surface area contributed by atoms with Crippen LogP contribution in [0.15, 0.2) is 53.1 Å². The Morgan fingerprint density at radius 2 is 1.96 bits per heavy atom. The molecule has 1 atom stereocenters. The van der Waals surface area contributed by atoms with E-state index in [1.807, 2.05) is 30.3 Å². The van der Waals surface area contributed by atoms with Crippen LogP contribution in [0.3, 0.4) is 0 Å². The highest BCUT2D eigenvalue weighted by molar-refractivity contribution is 7.18. The monoisotopic (exact) mass is 396 g/mol. The van der Waals surface area contributed by atoms with E-state index >= 15 is 0 Å². The fraction of sp³-hybridized carbons (Fsp3) is 0.250. The van der Waals surface area contributed by atoms with Crippen molar-refractivity contribution in [1.29, 1.82) is 0 Å². The van der Waals surface area contributed by atoms with Crippen molar-refractivity contribution in [2.45, 2.75) is 25.4 Å². The van der Waals surface area contributed by atoms with Gasteiger partial charge in [-0.2, -0.15) is 4.98 Å². The van der Waals surface area contributed by atoms with E-state index in [2.05, 4.69) is 33.2 Å². The molecule has 5 nitrogen and oxygen atoms in total. The molecule has 4 aromatic rings. The molecule has 0 spiro atoms. The topological polar surface area (TPSA) is 55.1 Å². The predicted molar refractivity (Wildman–Crippen MR) is 107 cm³/mol. The number of fused-ring (bicyclic) bond motifs is 1. The lowest BCUT2D eigenvalue weighted by atomic mass is 10.2. The molecule has 0 unspecified atom stereocenters. The van der Waals surface area contributed by atoms with Crippen molar-refractivity contribution < 1.29 is 4.52 Å². The van der Waals surface area contributed by atoms with Gasteiger partial charge in [-0.1, -0.05) is 28.9 Å². The van der Waals surface area contributed by atoms with Crippen LogP contribution in [0.25, 0.3) is 21.6 Å². The number of benzene rings is 2. The number of thiazole rings is 1. The lowest BCUT2D eigenvalue weighted by molar-refractivity contribution is 0.212. The summed E-state index contributed by atoms with van der Waals surface area (Å²) in [7, 11) is 0. The van der Waals surface area contributed by atoms with Gasteiger partial charge in [0.2, 0.25) is 11.7 Å². The van der Waals surface area contributed by atoms with Crippen LogP contribution < -0.4 is 0 Å². The summed E-state index contributed by atoms with van der Waals surface area (Å²) >= 11 is 7.73. The van der Waals surface area contributed by atoms with Crippen LogP contribution in [-0.4, -0.2) is 26.6 Å². The third kappa shape index (κ3) is 3.36. The first-order valence-corrected chi connectivity index (χ1v) is 10.1. The van der Waals surface area contributed by atoms with E-state index in [1.54, 1.807) is 11.3 Å². The molecule has 136 valence electrons. The number of aromatic nitrogens is 3. The Balaban J connectivity index is 1.36. The molecule has 1 aliphatic heterocycles. The van der Waals surface area contributed by atoms with E-state index in [1.165, 1.54) is 9.71 Å². The molecule has 0 radical (unpaired) electrons. The van der Waals surface area contributed by atoms with E-state index in [9.17, 15) is 0 Å². The maximum absolute atomic E-state index is 5.95. The molecule has 27 heavy (non-hydrogen) atoms. The second-order valence-electron chi connectivity index (χ2n) is 6.67. The first-order chi connectivity index (χ1) is 13.3. The van der Waals surface area contributed by atoms with Gasteiger partial charge in [-0.3, -0.25) is 4.90 Å². The number of likely N-dealkylation sites (tertiary alicyclic amines) is 1. The molecule has 7 heteroatoms. The number of hydrogen-bond donors (Lipinski definition) is 0. The molecule has 2 aromatic carbocycles. The Bertz CT molecular complexity index is 1040. The van der Waals surface area contributed by atoms with E-state index in [-0.39, 0.29) is 0 Å². The first-order valence-electron chi connectivity index (χ1n) is 8.94. The number of para-hydroxylation sites is 1. The van der Waals surface area contributed by atoms with Crippen molar-refractivity contribution in [2.24, 2.45) is 0 Å². The second-order valence-corrected chi connectivity index (χ2v) is 8.17. The van der Waals surface area contributed by atoms with Crippen molar-refractivity contribution >= 4 is 33.2 Å². The number of halogens is 1.